The van der Waals surface area contributed by atoms with Crippen molar-refractivity contribution in [3.05, 3.63) is 71.5 Å². The lowest BCUT2D eigenvalue weighted by Gasteiger charge is -2.24. The molecule has 2 atom stereocenters. The van der Waals surface area contributed by atoms with Crippen LogP contribution in [0.15, 0.2) is 54.6 Å². The van der Waals surface area contributed by atoms with E-state index in [4.69, 9.17) is 9.47 Å². The molecule has 0 radical (unpaired) electrons. The summed E-state index contributed by atoms with van der Waals surface area (Å²) in [4.78, 5) is 26.6. The summed E-state index contributed by atoms with van der Waals surface area (Å²) in [7, 11) is 0. The van der Waals surface area contributed by atoms with E-state index in [1.165, 1.54) is 17.0 Å². The highest BCUT2D eigenvalue weighted by Crippen LogP contribution is 2.28. The molecule has 0 unspecified atom stereocenters. The van der Waals surface area contributed by atoms with Gasteiger partial charge in [-0.15, -0.1) is 0 Å². The Balaban J connectivity index is 1.75. The molecular formula is C21H22FNO4. The van der Waals surface area contributed by atoms with Gasteiger partial charge in [0.2, 0.25) is 0 Å². The summed E-state index contributed by atoms with van der Waals surface area (Å²) in [6.45, 7) is 4.06. The molecule has 1 heterocycles. The van der Waals surface area contributed by atoms with Crippen molar-refractivity contribution < 1.29 is 23.5 Å². The molecule has 0 aliphatic carbocycles. The molecule has 0 saturated carbocycles. The number of amides is 1. The predicted octanol–water partition coefficient (Wildman–Crippen LogP) is 3.91. The quantitative estimate of drug-likeness (QED) is 0.723. The molecule has 142 valence electrons. The van der Waals surface area contributed by atoms with Crippen LogP contribution in [0, 0.1) is 11.7 Å². The van der Waals surface area contributed by atoms with Gasteiger partial charge in [-0.25, -0.2) is 14.0 Å². The number of esters is 1. The molecule has 1 saturated heterocycles. The Labute approximate surface area is 157 Å². The fourth-order valence-electron chi connectivity index (χ4n) is 3.06. The lowest BCUT2D eigenvalue weighted by molar-refractivity contribution is -0.151. The number of hydrogen-bond donors (Lipinski definition) is 0. The molecule has 0 aromatic heterocycles. The fraction of sp³-hybridized carbons (Fsp3) is 0.333. The van der Waals surface area contributed by atoms with Gasteiger partial charge in [-0.2, -0.15) is 0 Å². The molecule has 5 nitrogen and oxygen atoms in total. The standard InChI is InChI=1S/C21H22FNO4/c1-14(2)19-18(20(24)26-13-16-8-10-17(22)11-9-16)23(21(25)27-19)12-15-6-4-3-5-7-15/h3-11,14,18-19H,12-13H2,1-2H3/t18-,19+/m1/s1. The first-order valence-electron chi connectivity index (χ1n) is 8.88. The first-order chi connectivity index (χ1) is 13.0. The van der Waals surface area contributed by atoms with Crippen LogP contribution in [-0.2, 0) is 27.4 Å². The molecule has 0 N–H and O–H groups in total. The van der Waals surface area contributed by atoms with Gasteiger partial charge in [0.15, 0.2) is 6.04 Å². The topological polar surface area (TPSA) is 55.8 Å². The van der Waals surface area contributed by atoms with Crippen LogP contribution in [0.1, 0.15) is 25.0 Å². The number of ether oxygens (including phenoxy) is 2. The smallest absolute Gasteiger partial charge is 0.411 e. The van der Waals surface area contributed by atoms with E-state index in [-0.39, 0.29) is 24.9 Å². The van der Waals surface area contributed by atoms with E-state index in [9.17, 15) is 14.0 Å². The first kappa shape index (κ1) is 18.9. The number of carbonyl (C=O) groups excluding carboxylic acids is 2. The number of hydrogen-bond acceptors (Lipinski definition) is 4. The Hall–Kier alpha value is -2.89. The monoisotopic (exact) mass is 371 g/mol. The van der Waals surface area contributed by atoms with Crippen molar-refractivity contribution in [1.82, 2.24) is 4.90 Å². The van der Waals surface area contributed by atoms with Gasteiger partial charge in [0, 0.05) is 0 Å². The van der Waals surface area contributed by atoms with Gasteiger partial charge in [-0.05, 0) is 29.2 Å². The van der Waals surface area contributed by atoms with Crippen LogP contribution < -0.4 is 0 Å². The third-order valence-corrected chi connectivity index (χ3v) is 4.51. The maximum Gasteiger partial charge on any atom is 0.411 e. The zero-order valence-electron chi connectivity index (χ0n) is 15.3. The molecule has 2 aromatic rings. The Morgan fingerprint density at radius 1 is 1.11 bits per heavy atom. The number of benzene rings is 2. The average molecular weight is 371 g/mol. The van der Waals surface area contributed by atoms with Crippen molar-refractivity contribution in [2.24, 2.45) is 5.92 Å². The van der Waals surface area contributed by atoms with Gasteiger partial charge in [0.1, 0.15) is 18.5 Å². The second-order valence-corrected chi connectivity index (χ2v) is 6.88. The van der Waals surface area contributed by atoms with Crippen LogP contribution >= 0.6 is 0 Å². The minimum atomic E-state index is -0.821. The normalized spacial score (nSPS) is 19.3. The molecule has 0 spiro atoms. The third kappa shape index (κ3) is 4.45. The molecule has 1 aliphatic heterocycles. The second kappa shape index (κ2) is 8.20. The third-order valence-electron chi connectivity index (χ3n) is 4.51. The number of carbonyl (C=O) groups is 2. The molecule has 2 aromatic carbocycles. The van der Waals surface area contributed by atoms with E-state index in [1.807, 2.05) is 44.2 Å². The predicted molar refractivity (Wildman–Crippen MR) is 97.1 cm³/mol. The van der Waals surface area contributed by atoms with Gasteiger partial charge >= 0.3 is 12.1 Å². The Kier molecular flexibility index (Phi) is 5.74. The van der Waals surface area contributed by atoms with E-state index < -0.39 is 24.2 Å². The van der Waals surface area contributed by atoms with E-state index in [0.29, 0.717) is 5.56 Å². The lowest BCUT2D eigenvalue weighted by atomic mass is 9.99. The van der Waals surface area contributed by atoms with Crippen molar-refractivity contribution in [2.75, 3.05) is 0 Å². The number of nitrogens with zero attached hydrogens (tertiary/aromatic N) is 1. The minimum Gasteiger partial charge on any atom is -0.459 e. The van der Waals surface area contributed by atoms with Crippen molar-refractivity contribution in [2.45, 2.75) is 39.1 Å². The zero-order valence-corrected chi connectivity index (χ0v) is 15.3. The second-order valence-electron chi connectivity index (χ2n) is 6.88. The summed E-state index contributed by atoms with van der Waals surface area (Å²) in [6.07, 6.45) is -1.11. The molecule has 1 fully saturated rings. The Morgan fingerprint density at radius 3 is 2.41 bits per heavy atom. The highest BCUT2D eigenvalue weighted by Gasteiger charge is 2.48. The van der Waals surface area contributed by atoms with Crippen molar-refractivity contribution >= 4 is 12.1 Å². The molecule has 3 rings (SSSR count). The van der Waals surface area contributed by atoms with Crippen LogP contribution in [0.5, 0.6) is 0 Å². The number of halogens is 1. The highest BCUT2D eigenvalue weighted by atomic mass is 19.1. The molecular weight excluding hydrogens is 349 g/mol. The van der Waals surface area contributed by atoms with E-state index >= 15 is 0 Å². The van der Waals surface area contributed by atoms with Gasteiger partial charge in [-0.1, -0.05) is 56.3 Å². The van der Waals surface area contributed by atoms with Gasteiger partial charge in [-0.3, -0.25) is 4.90 Å². The molecule has 27 heavy (non-hydrogen) atoms. The van der Waals surface area contributed by atoms with Crippen molar-refractivity contribution in [1.29, 1.82) is 0 Å². The Bertz CT molecular complexity index is 792. The van der Waals surface area contributed by atoms with Crippen LogP contribution in [0.3, 0.4) is 0 Å². The van der Waals surface area contributed by atoms with Crippen LogP contribution in [0.2, 0.25) is 0 Å². The summed E-state index contributed by atoms with van der Waals surface area (Å²) < 4.78 is 23.9. The zero-order chi connectivity index (χ0) is 19.4. The van der Waals surface area contributed by atoms with Crippen LogP contribution in [0.25, 0.3) is 0 Å². The fourth-order valence-corrected chi connectivity index (χ4v) is 3.06. The Morgan fingerprint density at radius 2 is 1.78 bits per heavy atom. The van der Waals surface area contributed by atoms with Gasteiger partial charge in [0.25, 0.3) is 0 Å². The summed E-state index contributed by atoms with van der Waals surface area (Å²) >= 11 is 0. The molecule has 1 aliphatic rings. The summed E-state index contributed by atoms with van der Waals surface area (Å²) in [5.74, 6) is -0.924. The van der Waals surface area contributed by atoms with E-state index in [2.05, 4.69) is 0 Å². The first-order valence-corrected chi connectivity index (χ1v) is 8.88. The van der Waals surface area contributed by atoms with Crippen LogP contribution in [0.4, 0.5) is 9.18 Å². The molecule has 1 amide bonds. The van der Waals surface area contributed by atoms with Crippen molar-refractivity contribution in [3.8, 4) is 0 Å². The lowest BCUT2D eigenvalue weighted by Crippen LogP contribution is -2.45. The van der Waals surface area contributed by atoms with E-state index in [1.54, 1.807) is 12.1 Å². The maximum absolute atomic E-state index is 13.0. The summed E-state index contributed by atoms with van der Waals surface area (Å²) in [5.41, 5.74) is 1.57. The SMILES string of the molecule is CC(C)[C@@H]1OC(=O)N(Cc2ccccc2)[C@H]1C(=O)OCc1ccc(F)cc1. The summed E-state index contributed by atoms with van der Waals surface area (Å²) in [6, 6.07) is 14.3. The largest absolute Gasteiger partial charge is 0.459 e. The highest BCUT2D eigenvalue weighted by molar-refractivity contribution is 5.85. The molecule has 0 bridgehead atoms. The number of cyclic esters (lactones) is 1. The molecule has 6 heteroatoms. The average Bonchev–Trinajstić information content (AvgIpc) is 2.99. The van der Waals surface area contributed by atoms with E-state index in [0.717, 1.165) is 5.56 Å². The summed E-state index contributed by atoms with van der Waals surface area (Å²) in [5, 5.41) is 0. The van der Waals surface area contributed by atoms with Crippen LogP contribution in [-0.4, -0.2) is 29.1 Å². The number of rotatable bonds is 6. The van der Waals surface area contributed by atoms with Gasteiger partial charge in [0.05, 0.1) is 6.54 Å². The van der Waals surface area contributed by atoms with Gasteiger partial charge < -0.3 is 9.47 Å². The minimum absolute atomic E-state index is 0.00773. The van der Waals surface area contributed by atoms with Crippen molar-refractivity contribution in [3.63, 3.8) is 0 Å². The maximum atomic E-state index is 13.0.